The second-order valence-corrected chi connectivity index (χ2v) is 8.90. The Hall–Kier alpha value is -2.05. The molecule has 0 amide bonds. The molecular formula is C20H25N5S. The van der Waals surface area contributed by atoms with Crippen LogP contribution in [0.1, 0.15) is 55.2 Å². The van der Waals surface area contributed by atoms with E-state index in [0.717, 1.165) is 13.1 Å². The topological polar surface area (TPSA) is 55.5 Å². The number of hydrogen-bond acceptors (Lipinski definition) is 5. The third-order valence-corrected chi connectivity index (χ3v) is 6.96. The van der Waals surface area contributed by atoms with E-state index in [-0.39, 0.29) is 6.17 Å². The van der Waals surface area contributed by atoms with Crippen molar-refractivity contribution < 1.29 is 0 Å². The maximum atomic E-state index is 4.43. The zero-order valence-corrected chi connectivity index (χ0v) is 16.3. The highest BCUT2D eigenvalue weighted by Gasteiger charge is 2.28. The number of rotatable bonds is 3. The summed E-state index contributed by atoms with van der Waals surface area (Å²) in [5.41, 5.74) is 6.47. The van der Waals surface area contributed by atoms with E-state index in [4.69, 9.17) is 0 Å². The molecule has 5 heterocycles. The molecule has 3 N–H and O–H groups in total. The van der Waals surface area contributed by atoms with Crippen LogP contribution in [0.2, 0.25) is 0 Å². The van der Waals surface area contributed by atoms with Crippen molar-refractivity contribution in [3.05, 3.63) is 40.0 Å². The number of thiophene rings is 1. The van der Waals surface area contributed by atoms with Gasteiger partial charge in [-0.25, -0.2) is 5.01 Å². The summed E-state index contributed by atoms with van der Waals surface area (Å²) in [4.78, 5) is 5.25. The first-order valence-electron chi connectivity index (χ1n) is 9.45. The van der Waals surface area contributed by atoms with E-state index in [0.29, 0.717) is 11.8 Å². The summed E-state index contributed by atoms with van der Waals surface area (Å²) in [6.07, 6.45) is 7.63. The summed E-state index contributed by atoms with van der Waals surface area (Å²) in [5, 5.41) is 13.2. The van der Waals surface area contributed by atoms with Gasteiger partial charge >= 0.3 is 0 Å². The van der Waals surface area contributed by atoms with Gasteiger partial charge in [0.2, 0.25) is 0 Å². The Morgan fingerprint density at radius 2 is 2.23 bits per heavy atom. The van der Waals surface area contributed by atoms with Crippen molar-refractivity contribution in [1.82, 2.24) is 20.6 Å². The van der Waals surface area contributed by atoms with Crippen LogP contribution in [-0.4, -0.2) is 35.6 Å². The number of H-pyrrole nitrogens is 1. The minimum absolute atomic E-state index is 0.166. The van der Waals surface area contributed by atoms with Gasteiger partial charge in [0, 0.05) is 29.1 Å². The van der Waals surface area contributed by atoms with Crippen LogP contribution in [0.5, 0.6) is 0 Å². The van der Waals surface area contributed by atoms with Gasteiger partial charge in [-0.05, 0) is 49.1 Å². The number of hydrazone groups is 1. The van der Waals surface area contributed by atoms with Crippen molar-refractivity contribution in [3.8, 4) is 0 Å². The van der Waals surface area contributed by atoms with Gasteiger partial charge in [0.15, 0.2) is 0 Å². The Bertz CT molecular complexity index is 939. The number of aromatic amines is 1. The third-order valence-electron chi connectivity index (χ3n) is 5.63. The Morgan fingerprint density at radius 3 is 3.00 bits per heavy atom. The van der Waals surface area contributed by atoms with Crippen LogP contribution in [0.25, 0.3) is 15.8 Å². The quantitative estimate of drug-likeness (QED) is 0.771. The molecule has 0 aliphatic carbocycles. The monoisotopic (exact) mass is 367 g/mol. The Balaban J connectivity index is 1.60. The van der Waals surface area contributed by atoms with Gasteiger partial charge in [-0.15, -0.1) is 11.3 Å². The van der Waals surface area contributed by atoms with E-state index in [9.17, 15) is 0 Å². The molecule has 2 unspecified atom stereocenters. The molecule has 0 spiro atoms. The molecule has 5 nitrogen and oxygen atoms in total. The minimum atomic E-state index is 0.166. The lowest BCUT2D eigenvalue weighted by Crippen LogP contribution is -2.35. The van der Waals surface area contributed by atoms with Gasteiger partial charge in [0.25, 0.3) is 0 Å². The Morgan fingerprint density at radius 1 is 1.35 bits per heavy atom. The lowest BCUT2D eigenvalue weighted by Gasteiger charge is -2.26. The van der Waals surface area contributed by atoms with E-state index in [1.165, 1.54) is 43.9 Å². The molecule has 3 aliphatic heterocycles. The molecule has 0 aromatic carbocycles. The van der Waals surface area contributed by atoms with Gasteiger partial charge in [-0.3, -0.25) is 0 Å². The zero-order chi connectivity index (χ0) is 17.8. The standard InChI is InChI=1S/C20H25N5S/c1-11(2)17-18(14-6-12(3)20-22-10-23-25(20)9-14)24-15-7-16(26-19(15)17)13-4-5-21-8-13/h6-7,9-11,13,20-21,24H,4-5,8H2,1-3H3,(H,22,23). The largest absolute Gasteiger partial charge is 0.354 e. The fourth-order valence-electron chi connectivity index (χ4n) is 4.30. The van der Waals surface area contributed by atoms with Crippen LogP contribution in [0.4, 0.5) is 0 Å². The number of nitrogens with zero attached hydrogens (tertiary/aromatic N) is 2. The number of fused-ring (bicyclic) bond motifs is 2. The van der Waals surface area contributed by atoms with Crippen LogP contribution in [0, 0.1) is 0 Å². The van der Waals surface area contributed by atoms with Crippen LogP contribution in [-0.2, 0) is 0 Å². The smallest absolute Gasteiger partial charge is 0.143 e. The molecule has 3 aliphatic rings. The molecule has 0 bridgehead atoms. The highest BCUT2D eigenvalue weighted by Crippen LogP contribution is 2.42. The second kappa shape index (κ2) is 5.99. The summed E-state index contributed by atoms with van der Waals surface area (Å²) < 4.78 is 1.43. The summed E-state index contributed by atoms with van der Waals surface area (Å²) in [6.45, 7) is 9.00. The van der Waals surface area contributed by atoms with Gasteiger partial charge in [0.05, 0.1) is 15.9 Å². The molecule has 2 aromatic rings. The highest BCUT2D eigenvalue weighted by atomic mass is 32.1. The van der Waals surface area contributed by atoms with Crippen molar-refractivity contribution in [3.63, 3.8) is 0 Å². The highest BCUT2D eigenvalue weighted by molar-refractivity contribution is 7.19. The molecule has 0 radical (unpaired) electrons. The predicted octanol–water partition coefficient (Wildman–Crippen LogP) is 3.91. The fourth-order valence-corrected chi connectivity index (χ4v) is 5.75. The number of aromatic nitrogens is 1. The van der Waals surface area contributed by atoms with E-state index >= 15 is 0 Å². The Kier molecular flexibility index (Phi) is 3.72. The van der Waals surface area contributed by atoms with Gasteiger partial charge in [0.1, 0.15) is 12.5 Å². The van der Waals surface area contributed by atoms with Crippen molar-refractivity contribution >= 4 is 33.5 Å². The molecule has 5 rings (SSSR count). The van der Waals surface area contributed by atoms with Gasteiger partial charge in [-0.2, -0.15) is 5.10 Å². The van der Waals surface area contributed by atoms with Gasteiger partial charge < -0.3 is 15.6 Å². The van der Waals surface area contributed by atoms with Crippen LogP contribution < -0.4 is 10.6 Å². The first-order chi connectivity index (χ1) is 12.6. The molecule has 1 saturated heterocycles. The predicted molar refractivity (Wildman–Crippen MR) is 109 cm³/mol. The molecule has 2 atom stereocenters. The SMILES string of the molecule is CC1=CC(c2[nH]c3cc(C4CCNC4)sc3c2C(C)C)=CN2N=CNC12. The molecule has 0 saturated carbocycles. The number of hydrogen-bond donors (Lipinski definition) is 3. The van der Waals surface area contributed by atoms with E-state index < -0.39 is 0 Å². The average Bonchev–Trinajstić information content (AvgIpc) is 3.35. The van der Waals surface area contributed by atoms with E-state index in [1.807, 2.05) is 16.3 Å². The van der Waals surface area contributed by atoms with E-state index in [1.54, 1.807) is 6.34 Å². The van der Waals surface area contributed by atoms with Crippen molar-refractivity contribution in [2.45, 2.75) is 45.2 Å². The molecular weight excluding hydrogens is 342 g/mol. The molecule has 2 aromatic heterocycles. The summed E-state index contributed by atoms with van der Waals surface area (Å²) in [7, 11) is 0. The lowest BCUT2D eigenvalue weighted by atomic mass is 9.96. The molecule has 6 heteroatoms. The number of allylic oxidation sites excluding steroid dienone is 2. The van der Waals surface area contributed by atoms with Crippen LogP contribution >= 0.6 is 11.3 Å². The summed E-state index contributed by atoms with van der Waals surface area (Å²) >= 11 is 1.98. The minimum Gasteiger partial charge on any atom is -0.354 e. The molecule has 26 heavy (non-hydrogen) atoms. The third kappa shape index (κ3) is 2.43. The van der Waals surface area contributed by atoms with Crippen molar-refractivity contribution in [2.75, 3.05) is 13.1 Å². The van der Waals surface area contributed by atoms with Gasteiger partial charge in [-0.1, -0.05) is 13.8 Å². The second-order valence-electron chi connectivity index (χ2n) is 7.82. The summed E-state index contributed by atoms with van der Waals surface area (Å²) in [6, 6.07) is 2.38. The fraction of sp³-hybridized carbons (Fsp3) is 0.450. The van der Waals surface area contributed by atoms with Crippen molar-refractivity contribution in [2.24, 2.45) is 5.10 Å². The van der Waals surface area contributed by atoms with Crippen molar-refractivity contribution in [1.29, 1.82) is 0 Å². The van der Waals surface area contributed by atoms with Crippen LogP contribution in [0.3, 0.4) is 0 Å². The zero-order valence-electron chi connectivity index (χ0n) is 15.5. The first kappa shape index (κ1) is 16.1. The maximum absolute atomic E-state index is 4.43. The first-order valence-corrected chi connectivity index (χ1v) is 10.3. The lowest BCUT2D eigenvalue weighted by molar-refractivity contribution is 0.336. The Labute approximate surface area is 157 Å². The molecule has 136 valence electrons. The average molecular weight is 368 g/mol. The molecule has 1 fully saturated rings. The maximum Gasteiger partial charge on any atom is 0.143 e. The van der Waals surface area contributed by atoms with E-state index in [2.05, 4.69) is 59.8 Å². The normalized spacial score (nSPS) is 25.0. The number of nitrogens with one attached hydrogen (secondary N) is 3. The van der Waals surface area contributed by atoms with Crippen LogP contribution in [0.15, 0.2) is 29.0 Å². The summed E-state index contributed by atoms with van der Waals surface area (Å²) in [5.74, 6) is 1.14.